The van der Waals surface area contributed by atoms with Gasteiger partial charge >= 0.3 is 0 Å². The quantitative estimate of drug-likeness (QED) is 0.316. The number of hydrogen-bond acceptors (Lipinski definition) is 2. The molecule has 3 aromatic rings. The molecule has 176 valence electrons. The van der Waals surface area contributed by atoms with E-state index >= 15 is 0 Å². The van der Waals surface area contributed by atoms with Gasteiger partial charge < -0.3 is 10.4 Å². The molecule has 0 radical (unpaired) electrons. The molecule has 3 aromatic carbocycles. The van der Waals surface area contributed by atoms with E-state index in [0.717, 1.165) is 42.6 Å². The second-order valence-electron chi connectivity index (χ2n) is 10.4. The molecule has 2 nitrogen and oxygen atoms in total. The lowest BCUT2D eigenvalue weighted by molar-refractivity contribution is 0.445. The maximum absolute atomic E-state index is 11.2. The van der Waals surface area contributed by atoms with Crippen molar-refractivity contribution < 1.29 is 5.11 Å². The summed E-state index contributed by atoms with van der Waals surface area (Å²) < 4.78 is 0. The van der Waals surface area contributed by atoms with Gasteiger partial charge in [-0.3, -0.25) is 0 Å². The Balaban J connectivity index is 1.99. The first kappa shape index (κ1) is 25.3. The summed E-state index contributed by atoms with van der Waals surface area (Å²) in [5.74, 6) is 0.467. The minimum absolute atomic E-state index is 0.0412. The van der Waals surface area contributed by atoms with Crippen LogP contribution in [0.15, 0.2) is 66.7 Å². The number of phenols is 1. The lowest BCUT2D eigenvalue weighted by atomic mass is 9.82. The first-order valence-corrected chi connectivity index (χ1v) is 13.1. The largest absolute Gasteiger partial charge is 0.507 e. The third kappa shape index (κ3) is 6.39. The van der Waals surface area contributed by atoms with Crippen molar-refractivity contribution in [3.05, 3.63) is 89.0 Å². The van der Waals surface area contributed by atoms with Gasteiger partial charge in [0, 0.05) is 23.0 Å². The van der Waals surface area contributed by atoms with E-state index in [9.17, 15) is 5.11 Å². The van der Waals surface area contributed by atoms with Gasteiger partial charge in [-0.1, -0.05) is 111 Å². The standard InChI is InChI=1S/C30H40NOP/c1-7-8-18-30(6,26-20-24(29(3,4)5)19-22(2)28(26)32)33-27-17-13-12-14-23(27)21-31-25-15-10-9-11-16-25/h9-17,19-20,31-33H,7-8,18,21H2,1-6H3. The molecule has 0 aromatic heterocycles. The van der Waals surface area contributed by atoms with Gasteiger partial charge in [-0.15, -0.1) is 0 Å². The highest BCUT2D eigenvalue weighted by atomic mass is 31.1. The average Bonchev–Trinajstić information content (AvgIpc) is 2.78. The first-order valence-electron chi connectivity index (χ1n) is 12.1. The van der Waals surface area contributed by atoms with E-state index in [4.69, 9.17) is 0 Å². The number of phenolic OH excluding ortho intramolecular Hbond substituents is 1. The third-order valence-corrected chi connectivity index (χ3v) is 8.30. The fraction of sp³-hybridized carbons (Fsp3) is 0.400. The van der Waals surface area contributed by atoms with E-state index in [0.29, 0.717) is 14.3 Å². The van der Waals surface area contributed by atoms with Crippen molar-refractivity contribution in [1.82, 2.24) is 0 Å². The molecular weight excluding hydrogens is 421 g/mol. The lowest BCUT2D eigenvalue weighted by Gasteiger charge is -2.34. The van der Waals surface area contributed by atoms with Crippen molar-refractivity contribution in [2.45, 2.75) is 77.9 Å². The highest BCUT2D eigenvalue weighted by Gasteiger charge is 2.32. The monoisotopic (exact) mass is 461 g/mol. The van der Waals surface area contributed by atoms with E-state index in [-0.39, 0.29) is 10.6 Å². The molecule has 0 saturated heterocycles. The average molecular weight is 462 g/mol. The van der Waals surface area contributed by atoms with Crippen LogP contribution >= 0.6 is 8.58 Å². The summed E-state index contributed by atoms with van der Waals surface area (Å²) in [4.78, 5) is 0. The molecule has 3 rings (SSSR count). The molecule has 0 aliphatic carbocycles. The lowest BCUT2D eigenvalue weighted by Crippen LogP contribution is -2.23. The van der Waals surface area contributed by atoms with Crippen LogP contribution in [0.4, 0.5) is 5.69 Å². The Kier molecular flexibility index (Phi) is 8.24. The summed E-state index contributed by atoms with van der Waals surface area (Å²) in [6, 6.07) is 23.6. The summed E-state index contributed by atoms with van der Waals surface area (Å²) in [6.07, 6.45) is 3.35. The number of para-hydroxylation sites is 1. The van der Waals surface area contributed by atoms with E-state index in [1.165, 1.54) is 16.4 Å². The second-order valence-corrected chi connectivity index (χ2v) is 12.3. The Morgan fingerprint density at radius 2 is 1.58 bits per heavy atom. The third-order valence-electron chi connectivity index (χ3n) is 6.48. The Labute approximate surface area is 202 Å². The van der Waals surface area contributed by atoms with Gasteiger partial charge in [0.1, 0.15) is 5.75 Å². The molecule has 2 unspecified atom stereocenters. The summed E-state index contributed by atoms with van der Waals surface area (Å²) in [6.45, 7) is 14.2. The number of aryl methyl sites for hydroxylation is 1. The van der Waals surface area contributed by atoms with Gasteiger partial charge in [0.25, 0.3) is 0 Å². The number of nitrogens with one attached hydrogen (secondary N) is 1. The number of rotatable bonds is 9. The SMILES string of the molecule is CCCCC(C)(Pc1ccccc1CNc1ccccc1)c1cc(C(C)(C)C)cc(C)c1O. The maximum Gasteiger partial charge on any atom is 0.122 e. The van der Waals surface area contributed by atoms with Crippen molar-refractivity contribution >= 4 is 19.6 Å². The van der Waals surface area contributed by atoms with Gasteiger partial charge in [-0.05, 0) is 52.9 Å². The molecule has 0 fully saturated rings. The van der Waals surface area contributed by atoms with Crippen LogP contribution in [0.25, 0.3) is 0 Å². The molecule has 2 atom stereocenters. The minimum Gasteiger partial charge on any atom is -0.507 e. The van der Waals surface area contributed by atoms with Gasteiger partial charge in [0.2, 0.25) is 0 Å². The molecule has 33 heavy (non-hydrogen) atoms. The summed E-state index contributed by atoms with van der Waals surface area (Å²) >= 11 is 0. The maximum atomic E-state index is 11.2. The van der Waals surface area contributed by atoms with Gasteiger partial charge in [-0.2, -0.15) is 0 Å². The molecule has 0 amide bonds. The smallest absolute Gasteiger partial charge is 0.122 e. The predicted octanol–water partition coefficient (Wildman–Crippen LogP) is 8.02. The van der Waals surface area contributed by atoms with E-state index in [1.54, 1.807) is 0 Å². The molecule has 0 heterocycles. The van der Waals surface area contributed by atoms with Crippen molar-refractivity contribution in [2.75, 3.05) is 5.32 Å². The summed E-state index contributed by atoms with van der Waals surface area (Å²) in [5.41, 5.74) is 5.87. The van der Waals surface area contributed by atoms with Gasteiger partial charge in [0.15, 0.2) is 0 Å². The van der Waals surface area contributed by atoms with Crippen LogP contribution in [0, 0.1) is 6.92 Å². The summed E-state index contributed by atoms with van der Waals surface area (Å²) in [7, 11) is 0.575. The van der Waals surface area contributed by atoms with E-state index < -0.39 is 0 Å². The van der Waals surface area contributed by atoms with Crippen molar-refractivity contribution in [3.63, 3.8) is 0 Å². The Hall–Kier alpha value is -2.31. The zero-order valence-corrected chi connectivity index (χ0v) is 22.1. The summed E-state index contributed by atoms with van der Waals surface area (Å²) in [5, 5.41) is 16.0. The molecule has 0 bridgehead atoms. The highest BCUT2D eigenvalue weighted by molar-refractivity contribution is 7.48. The van der Waals surface area contributed by atoms with Crippen molar-refractivity contribution in [3.8, 4) is 5.75 Å². The van der Waals surface area contributed by atoms with Crippen LogP contribution in [-0.2, 0) is 17.1 Å². The molecule has 2 N–H and O–H groups in total. The highest BCUT2D eigenvalue weighted by Crippen LogP contribution is 2.50. The fourth-order valence-corrected chi connectivity index (χ4v) is 6.01. The normalized spacial score (nSPS) is 13.9. The van der Waals surface area contributed by atoms with Crippen LogP contribution in [0.3, 0.4) is 0 Å². The molecular formula is C30H40NOP. The zero-order valence-electron chi connectivity index (χ0n) is 21.1. The Morgan fingerprint density at radius 3 is 2.24 bits per heavy atom. The fourth-order valence-electron chi connectivity index (χ4n) is 4.27. The van der Waals surface area contributed by atoms with E-state index in [1.807, 2.05) is 13.0 Å². The molecule has 0 spiro atoms. The minimum atomic E-state index is -0.116. The number of aromatic hydroxyl groups is 1. The van der Waals surface area contributed by atoms with Crippen LogP contribution in [0.2, 0.25) is 0 Å². The second kappa shape index (κ2) is 10.7. The number of benzene rings is 3. The Bertz CT molecular complexity index is 1050. The topological polar surface area (TPSA) is 32.3 Å². The number of anilines is 1. The molecule has 0 saturated carbocycles. The van der Waals surface area contributed by atoms with E-state index in [2.05, 4.69) is 101 Å². The van der Waals surface area contributed by atoms with Crippen LogP contribution in [0.5, 0.6) is 5.75 Å². The van der Waals surface area contributed by atoms with Crippen molar-refractivity contribution in [1.29, 1.82) is 0 Å². The van der Waals surface area contributed by atoms with Gasteiger partial charge in [-0.25, -0.2) is 0 Å². The number of hydrogen-bond donors (Lipinski definition) is 2. The molecule has 3 heteroatoms. The zero-order chi connectivity index (χ0) is 24.1. The first-order chi connectivity index (χ1) is 15.6. The van der Waals surface area contributed by atoms with Crippen molar-refractivity contribution in [2.24, 2.45) is 0 Å². The molecule has 0 aliphatic rings. The predicted molar refractivity (Wildman–Crippen MR) is 147 cm³/mol. The van der Waals surface area contributed by atoms with Crippen LogP contribution < -0.4 is 10.6 Å². The Morgan fingerprint density at radius 1 is 0.909 bits per heavy atom. The van der Waals surface area contributed by atoms with Crippen LogP contribution in [-0.4, -0.2) is 5.11 Å². The molecule has 0 aliphatic heterocycles. The van der Waals surface area contributed by atoms with Crippen LogP contribution in [0.1, 0.15) is 76.1 Å². The number of unbranched alkanes of at least 4 members (excludes halogenated alkanes) is 1. The van der Waals surface area contributed by atoms with Gasteiger partial charge in [0.05, 0.1) is 0 Å².